The molecule has 0 nitrogen and oxygen atoms in total. The van der Waals surface area contributed by atoms with E-state index in [0.717, 1.165) is 0 Å². The molecule has 0 unspecified atom stereocenters. The van der Waals surface area contributed by atoms with Crippen LogP contribution in [0, 0.1) is 0 Å². The number of rotatable bonds is 6. The molecule has 0 radical (unpaired) electrons. The molecule has 0 aliphatic heterocycles. The van der Waals surface area contributed by atoms with Gasteiger partial charge in [0.15, 0.2) is 0 Å². The van der Waals surface area contributed by atoms with Crippen LogP contribution in [0.25, 0.3) is 11.1 Å². The van der Waals surface area contributed by atoms with E-state index in [1.165, 1.54) is 11.1 Å². The zero-order chi connectivity index (χ0) is 20.5. The first kappa shape index (κ1) is 21.7. The van der Waals surface area contributed by atoms with Crippen LogP contribution in [0.15, 0.2) is 30.3 Å². The van der Waals surface area contributed by atoms with Gasteiger partial charge in [0.25, 0.3) is 0 Å². The Kier molecular flexibility index (Phi) is 6.95. The van der Waals surface area contributed by atoms with Gasteiger partial charge in [-0.15, -0.1) is 0 Å². The van der Waals surface area contributed by atoms with Gasteiger partial charge < -0.3 is 0 Å². The van der Waals surface area contributed by atoms with E-state index in [9.17, 15) is 0 Å². The Hall–Kier alpha value is -1.56. The molecule has 0 saturated heterocycles. The summed E-state index contributed by atoms with van der Waals surface area (Å²) < 4.78 is 0. The monoisotopic (exact) mass is 364 g/mol. The highest BCUT2D eigenvalue weighted by Gasteiger charge is 2.30. The van der Waals surface area contributed by atoms with Crippen LogP contribution in [0.1, 0.15) is 127 Å². The summed E-state index contributed by atoms with van der Waals surface area (Å²) in [4.78, 5) is 0. The standard InChI is InChI=1S/C27H40/c1-16(2)22-23(17(3)4)25(19(7)8)27(21-14-12-11-13-15-21)26(20(9)10)24(22)18(5)6/h11-20H,1-10H3. The highest BCUT2D eigenvalue weighted by molar-refractivity contribution is 5.78. The van der Waals surface area contributed by atoms with E-state index in [2.05, 4.69) is 99.6 Å². The van der Waals surface area contributed by atoms with E-state index in [0.29, 0.717) is 29.6 Å². The zero-order valence-electron chi connectivity index (χ0n) is 19.3. The van der Waals surface area contributed by atoms with Gasteiger partial charge >= 0.3 is 0 Å². The highest BCUT2D eigenvalue weighted by atomic mass is 14.3. The molecule has 0 spiro atoms. The van der Waals surface area contributed by atoms with Crippen LogP contribution in [-0.4, -0.2) is 0 Å². The number of benzene rings is 2. The lowest BCUT2D eigenvalue weighted by Gasteiger charge is -2.34. The zero-order valence-corrected chi connectivity index (χ0v) is 19.3. The quantitative estimate of drug-likeness (QED) is 0.479. The summed E-state index contributed by atoms with van der Waals surface area (Å²) in [7, 11) is 0. The third-order valence-corrected chi connectivity index (χ3v) is 5.65. The molecule has 2 rings (SSSR count). The van der Waals surface area contributed by atoms with Gasteiger partial charge in [0.1, 0.15) is 0 Å². The first-order valence-corrected chi connectivity index (χ1v) is 10.9. The van der Waals surface area contributed by atoms with E-state index in [1.807, 2.05) is 0 Å². The molecule has 0 saturated carbocycles. The van der Waals surface area contributed by atoms with Gasteiger partial charge in [0, 0.05) is 0 Å². The van der Waals surface area contributed by atoms with Crippen LogP contribution in [0.5, 0.6) is 0 Å². The molecule has 0 fully saturated rings. The molecule has 2 aromatic rings. The van der Waals surface area contributed by atoms with Crippen molar-refractivity contribution in [2.45, 2.75) is 98.8 Å². The van der Waals surface area contributed by atoms with Crippen LogP contribution in [0.4, 0.5) is 0 Å². The average Bonchev–Trinajstić information content (AvgIpc) is 2.59. The van der Waals surface area contributed by atoms with Crippen molar-refractivity contribution in [3.63, 3.8) is 0 Å². The van der Waals surface area contributed by atoms with Crippen molar-refractivity contribution in [3.8, 4) is 11.1 Å². The summed E-state index contributed by atoms with van der Waals surface area (Å²) in [5.74, 6) is 2.62. The maximum absolute atomic E-state index is 2.38. The molecule has 0 atom stereocenters. The minimum Gasteiger partial charge on any atom is -0.0622 e. The minimum absolute atomic E-state index is 0.508. The Morgan fingerprint density at radius 2 is 0.704 bits per heavy atom. The van der Waals surface area contributed by atoms with Crippen molar-refractivity contribution in [2.24, 2.45) is 0 Å². The summed E-state index contributed by atoms with van der Waals surface area (Å²) in [6.07, 6.45) is 0. The van der Waals surface area contributed by atoms with E-state index in [4.69, 9.17) is 0 Å². The number of hydrogen-bond acceptors (Lipinski definition) is 0. The summed E-state index contributed by atoms with van der Waals surface area (Å²) in [6, 6.07) is 11.1. The van der Waals surface area contributed by atoms with Crippen molar-refractivity contribution in [1.82, 2.24) is 0 Å². The summed E-state index contributed by atoms with van der Waals surface area (Å²) in [5, 5.41) is 0. The molecule has 0 amide bonds. The van der Waals surface area contributed by atoms with Gasteiger partial charge in [0.05, 0.1) is 0 Å². The summed E-state index contributed by atoms with van der Waals surface area (Å²) in [5.41, 5.74) is 10.9. The summed E-state index contributed by atoms with van der Waals surface area (Å²) >= 11 is 0. The normalized spacial score (nSPS) is 12.3. The van der Waals surface area contributed by atoms with Crippen LogP contribution >= 0.6 is 0 Å². The Balaban J connectivity index is 3.19. The third kappa shape index (κ3) is 4.15. The largest absolute Gasteiger partial charge is 0.0622 e. The van der Waals surface area contributed by atoms with Gasteiger partial charge in [-0.2, -0.15) is 0 Å². The average molecular weight is 365 g/mol. The first-order valence-electron chi connectivity index (χ1n) is 10.9. The smallest absolute Gasteiger partial charge is 0.0109 e. The van der Waals surface area contributed by atoms with Crippen LogP contribution in [0.3, 0.4) is 0 Å². The van der Waals surface area contributed by atoms with Crippen molar-refractivity contribution in [2.75, 3.05) is 0 Å². The van der Waals surface area contributed by atoms with Gasteiger partial charge in [-0.3, -0.25) is 0 Å². The number of hydrogen-bond donors (Lipinski definition) is 0. The van der Waals surface area contributed by atoms with Crippen LogP contribution in [-0.2, 0) is 0 Å². The van der Waals surface area contributed by atoms with Gasteiger partial charge in [-0.05, 0) is 68.5 Å². The molecule has 2 aromatic carbocycles. The van der Waals surface area contributed by atoms with Crippen LogP contribution < -0.4 is 0 Å². The molecule has 0 aliphatic carbocycles. The van der Waals surface area contributed by atoms with Crippen molar-refractivity contribution < 1.29 is 0 Å². The Labute approximate surface area is 168 Å². The van der Waals surface area contributed by atoms with Crippen LogP contribution in [0.2, 0.25) is 0 Å². The van der Waals surface area contributed by atoms with E-state index < -0.39 is 0 Å². The van der Waals surface area contributed by atoms with Crippen molar-refractivity contribution in [3.05, 3.63) is 58.1 Å². The molecule has 0 heteroatoms. The molecule has 0 aromatic heterocycles. The Morgan fingerprint density at radius 1 is 0.407 bits per heavy atom. The second-order valence-corrected chi connectivity index (χ2v) is 9.58. The second-order valence-electron chi connectivity index (χ2n) is 9.58. The molecular weight excluding hydrogens is 324 g/mol. The lowest BCUT2D eigenvalue weighted by molar-refractivity contribution is 0.701. The SMILES string of the molecule is CC(C)c1c(-c2ccccc2)c(C(C)C)c(C(C)C)c(C(C)C)c1C(C)C. The second kappa shape index (κ2) is 8.63. The fourth-order valence-corrected chi connectivity index (χ4v) is 4.83. The molecule has 27 heavy (non-hydrogen) atoms. The fourth-order valence-electron chi connectivity index (χ4n) is 4.83. The van der Waals surface area contributed by atoms with Crippen molar-refractivity contribution >= 4 is 0 Å². The predicted octanol–water partition coefficient (Wildman–Crippen LogP) is 8.97. The first-order chi connectivity index (χ1) is 12.6. The molecular formula is C27H40. The predicted molar refractivity (Wildman–Crippen MR) is 122 cm³/mol. The van der Waals surface area contributed by atoms with E-state index in [1.54, 1.807) is 27.8 Å². The fraction of sp³-hybridized carbons (Fsp3) is 0.556. The van der Waals surface area contributed by atoms with Crippen molar-refractivity contribution in [1.29, 1.82) is 0 Å². The van der Waals surface area contributed by atoms with Gasteiger partial charge in [0.2, 0.25) is 0 Å². The Morgan fingerprint density at radius 3 is 1.00 bits per heavy atom. The van der Waals surface area contributed by atoms with Gasteiger partial charge in [-0.1, -0.05) is 99.6 Å². The lowest BCUT2D eigenvalue weighted by atomic mass is 9.70. The summed E-state index contributed by atoms with van der Waals surface area (Å²) in [6.45, 7) is 23.7. The van der Waals surface area contributed by atoms with E-state index in [-0.39, 0.29) is 0 Å². The molecule has 148 valence electrons. The molecule has 0 N–H and O–H groups in total. The minimum atomic E-state index is 0.508. The lowest BCUT2D eigenvalue weighted by Crippen LogP contribution is -2.16. The Bertz CT molecular complexity index is 717. The topological polar surface area (TPSA) is 0 Å². The maximum atomic E-state index is 2.38. The molecule has 0 heterocycles. The molecule has 0 bridgehead atoms. The highest BCUT2D eigenvalue weighted by Crippen LogP contribution is 2.48. The maximum Gasteiger partial charge on any atom is -0.0109 e. The van der Waals surface area contributed by atoms with Gasteiger partial charge in [-0.25, -0.2) is 0 Å². The third-order valence-electron chi connectivity index (χ3n) is 5.65. The van der Waals surface area contributed by atoms with E-state index >= 15 is 0 Å². The molecule has 0 aliphatic rings.